The molecule has 1 fully saturated rings. The van der Waals surface area contributed by atoms with Crippen LogP contribution >= 0.6 is 0 Å². The lowest BCUT2D eigenvalue weighted by Crippen LogP contribution is -2.49. The Balaban J connectivity index is 1.34. The first-order chi connectivity index (χ1) is 15.6. The molecule has 1 aromatic carbocycles. The molecule has 0 bridgehead atoms. The summed E-state index contributed by atoms with van der Waals surface area (Å²) >= 11 is 0. The maximum Gasteiger partial charge on any atom is 0.410 e. The van der Waals surface area contributed by atoms with Crippen molar-refractivity contribution in [2.75, 3.05) is 42.1 Å². The van der Waals surface area contributed by atoms with Gasteiger partial charge in [-0.1, -0.05) is 36.4 Å². The molecular formula is C22H23N7O3. The van der Waals surface area contributed by atoms with Crippen LogP contribution in [0.4, 0.5) is 22.2 Å². The van der Waals surface area contributed by atoms with Gasteiger partial charge in [0.25, 0.3) is 5.91 Å². The highest BCUT2D eigenvalue weighted by Crippen LogP contribution is 2.18. The van der Waals surface area contributed by atoms with E-state index in [2.05, 4.69) is 20.3 Å². The van der Waals surface area contributed by atoms with Crippen LogP contribution in [0.25, 0.3) is 0 Å². The number of ether oxygens (including phenoxy) is 1. The number of hydrogen-bond acceptors (Lipinski definition) is 8. The third-order valence-corrected chi connectivity index (χ3v) is 4.98. The molecule has 10 heteroatoms. The third-order valence-electron chi connectivity index (χ3n) is 4.98. The molecule has 2 aromatic heterocycles. The van der Waals surface area contributed by atoms with Crippen LogP contribution in [0.3, 0.4) is 0 Å². The van der Waals surface area contributed by atoms with Crippen molar-refractivity contribution in [3.63, 3.8) is 0 Å². The van der Waals surface area contributed by atoms with E-state index in [4.69, 9.17) is 10.5 Å². The van der Waals surface area contributed by atoms with Crippen LogP contribution in [0.15, 0.2) is 60.9 Å². The Morgan fingerprint density at radius 3 is 2.47 bits per heavy atom. The average Bonchev–Trinajstić information content (AvgIpc) is 2.84. The fourth-order valence-corrected chi connectivity index (χ4v) is 3.25. The SMILES string of the molecule is Nc1ncc(N2CCN(C(=O)OCc3ccccc3)CC2)nc1C(=O)Nc1ccccn1. The molecule has 1 aliphatic rings. The normalized spacial score (nSPS) is 13.5. The fraction of sp³-hybridized carbons (Fsp3) is 0.227. The minimum Gasteiger partial charge on any atom is -0.445 e. The van der Waals surface area contributed by atoms with Gasteiger partial charge in [0.05, 0.1) is 6.20 Å². The zero-order chi connectivity index (χ0) is 22.3. The van der Waals surface area contributed by atoms with Crippen molar-refractivity contribution in [2.24, 2.45) is 0 Å². The Morgan fingerprint density at radius 2 is 1.75 bits per heavy atom. The second kappa shape index (κ2) is 9.73. The van der Waals surface area contributed by atoms with Gasteiger partial charge in [-0.25, -0.2) is 19.7 Å². The lowest BCUT2D eigenvalue weighted by Gasteiger charge is -2.34. The van der Waals surface area contributed by atoms with Crippen molar-refractivity contribution >= 4 is 29.5 Å². The molecule has 1 saturated heterocycles. The van der Waals surface area contributed by atoms with Gasteiger partial charge >= 0.3 is 6.09 Å². The molecule has 0 spiro atoms. The first-order valence-electron chi connectivity index (χ1n) is 10.2. The average molecular weight is 433 g/mol. The highest BCUT2D eigenvalue weighted by atomic mass is 16.6. The Kier molecular flexibility index (Phi) is 6.40. The number of piperazine rings is 1. The summed E-state index contributed by atoms with van der Waals surface area (Å²) in [5.41, 5.74) is 6.84. The predicted octanol–water partition coefficient (Wildman–Crippen LogP) is 2.16. The predicted molar refractivity (Wildman–Crippen MR) is 119 cm³/mol. The van der Waals surface area contributed by atoms with E-state index in [0.717, 1.165) is 5.56 Å². The number of nitrogen functional groups attached to an aromatic ring is 1. The van der Waals surface area contributed by atoms with E-state index in [1.807, 2.05) is 35.2 Å². The maximum absolute atomic E-state index is 12.6. The summed E-state index contributed by atoms with van der Waals surface area (Å²) < 4.78 is 5.40. The van der Waals surface area contributed by atoms with Crippen molar-refractivity contribution < 1.29 is 14.3 Å². The number of nitrogens with one attached hydrogen (secondary N) is 1. The summed E-state index contributed by atoms with van der Waals surface area (Å²) in [6.45, 7) is 2.23. The van der Waals surface area contributed by atoms with Crippen LogP contribution in [-0.2, 0) is 11.3 Å². The van der Waals surface area contributed by atoms with Gasteiger partial charge < -0.3 is 25.6 Å². The lowest BCUT2D eigenvalue weighted by atomic mass is 10.2. The number of nitrogens with two attached hydrogens (primary N) is 1. The Bertz CT molecular complexity index is 1070. The largest absolute Gasteiger partial charge is 0.445 e. The Labute approximate surface area is 185 Å². The number of carbonyl (C=O) groups is 2. The summed E-state index contributed by atoms with van der Waals surface area (Å²) in [7, 11) is 0. The molecule has 10 nitrogen and oxygen atoms in total. The number of carbonyl (C=O) groups excluding carboxylic acids is 2. The van der Waals surface area contributed by atoms with Gasteiger partial charge in [0.1, 0.15) is 18.2 Å². The first-order valence-corrected chi connectivity index (χ1v) is 10.2. The van der Waals surface area contributed by atoms with Gasteiger partial charge in [0.2, 0.25) is 0 Å². The first kappa shape index (κ1) is 21.0. The van der Waals surface area contributed by atoms with Crippen LogP contribution in [-0.4, -0.2) is 58.0 Å². The standard InChI is InChI=1S/C22H23N7O3/c23-20-19(21(30)26-17-8-4-5-9-24-17)27-18(14-25-20)28-10-12-29(13-11-28)22(31)32-15-16-6-2-1-3-7-16/h1-9,14H,10-13,15H2,(H2,23,25)(H,24,26,30). The zero-order valence-electron chi connectivity index (χ0n) is 17.3. The second-order valence-electron chi connectivity index (χ2n) is 7.15. The highest BCUT2D eigenvalue weighted by molar-refractivity contribution is 6.05. The van der Waals surface area contributed by atoms with E-state index in [-0.39, 0.29) is 24.2 Å². The van der Waals surface area contributed by atoms with Gasteiger partial charge in [-0.05, 0) is 17.7 Å². The molecule has 0 radical (unpaired) electrons. The molecule has 4 rings (SSSR count). The molecule has 0 saturated carbocycles. The molecule has 0 unspecified atom stereocenters. The van der Waals surface area contributed by atoms with Gasteiger partial charge in [0.15, 0.2) is 11.5 Å². The molecule has 3 aromatic rings. The number of benzene rings is 1. The zero-order valence-corrected chi connectivity index (χ0v) is 17.3. The van der Waals surface area contributed by atoms with Gasteiger partial charge in [-0.2, -0.15) is 0 Å². The number of rotatable bonds is 5. The van der Waals surface area contributed by atoms with Crippen LogP contribution in [0.5, 0.6) is 0 Å². The topological polar surface area (TPSA) is 127 Å². The number of amides is 2. The third kappa shape index (κ3) is 5.09. The molecule has 32 heavy (non-hydrogen) atoms. The van der Waals surface area contributed by atoms with Crippen molar-refractivity contribution in [1.29, 1.82) is 0 Å². The monoisotopic (exact) mass is 433 g/mol. The lowest BCUT2D eigenvalue weighted by molar-refractivity contribution is 0.0941. The van der Waals surface area contributed by atoms with E-state index in [9.17, 15) is 9.59 Å². The number of aromatic nitrogens is 3. The number of pyridine rings is 1. The molecule has 0 aliphatic carbocycles. The summed E-state index contributed by atoms with van der Waals surface area (Å²) in [6, 6.07) is 14.7. The molecule has 3 heterocycles. The fourth-order valence-electron chi connectivity index (χ4n) is 3.25. The molecule has 164 valence electrons. The van der Waals surface area contributed by atoms with Crippen molar-refractivity contribution in [3.8, 4) is 0 Å². The smallest absolute Gasteiger partial charge is 0.410 e. The van der Waals surface area contributed by atoms with Gasteiger partial charge in [-0.15, -0.1) is 0 Å². The summed E-state index contributed by atoms with van der Waals surface area (Å²) in [6.07, 6.45) is 2.74. The summed E-state index contributed by atoms with van der Waals surface area (Å²) in [4.78, 5) is 41.1. The highest BCUT2D eigenvalue weighted by Gasteiger charge is 2.24. The Morgan fingerprint density at radius 1 is 1.00 bits per heavy atom. The number of anilines is 3. The maximum atomic E-state index is 12.6. The summed E-state index contributed by atoms with van der Waals surface area (Å²) in [5.74, 6) is 0.457. The van der Waals surface area contributed by atoms with Crippen molar-refractivity contribution in [3.05, 3.63) is 72.2 Å². The van der Waals surface area contributed by atoms with Crippen LogP contribution < -0.4 is 16.0 Å². The van der Waals surface area contributed by atoms with E-state index < -0.39 is 5.91 Å². The molecule has 1 aliphatic heterocycles. The summed E-state index contributed by atoms with van der Waals surface area (Å²) in [5, 5.41) is 2.66. The minimum absolute atomic E-state index is 0.0258. The van der Waals surface area contributed by atoms with E-state index in [1.54, 1.807) is 29.3 Å². The van der Waals surface area contributed by atoms with Gasteiger partial charge in [0, 0.05) is 32.4 Å². The van der Waals surface area contributed by atoms with Crippen LogP contribution in [0, 0.1) is 0 Å². The molecular weight excluding hydrogens is 410 g/mol. The van der Waals surface area contributed by atoms with Crippen LogP contribution in [0.2, 0.25) is 0 Å². The second-order valence-corrected chi connectivity index (χ2v) is 7.15. The Hall–Kier alpha value is -4.21. The van der Waals surface area contributed by atoms with Crippen molar-refractivity contribution in [1.82, 2.24) is 19.9 Å². The van der Waals surface area contributed by atoms with Gasteiger partial charge in [-0.3, -0.25) is 4.79 Å². The van der Waals surface area contributed by atoms with Crippen molar-refractivity contribution in [2.45, 2.75) is 6.61 Å². The molecule has 2 amide bonds. The number of nitrogens with zero attached hydrogens (tertiary/aromatic N) is 5. The van der Waals surface area contributed by atoms with Crippen LogP contribution in [0.1, 0.15) is 16.1 Å². The van der Waals surface area contributed by atoms with E-state index in [1.165, 1.54) is 6.20 Å². The minimum atomic E-state index is -0.487. The molecule has 0 atom stereocenters. The quantitative estimate of drug-likeness (QED) is 0.627. The van der Waals surface area contributed by atoms with E-state index in [0.29, 0.717) is 37.8 Å². The number of hydrogen-bond donors (Lipinski definition) is 2. The molecule has 3 N–H and O–H groups in total. The van der Waals surface area contributed by atoms with E-state index >= 15 is 0 Å².